The second-order valence-electron chi connectivity index (χ2n) is 4.49. The SMILES string of the molecule is Cc1csc(CNC(=O)CCC2CCCN2)n1.Cl.Cl. The van der Waals surface area contributed by atoms with Crippen LogP contribution in [-0.4, -0.2) is 23.5 Å². The normalized spacial score (nSPS) is 17.4. The minimum absolute atomic E-state index is 0. The molecule has 1 atom stereocenters. The molecular formula is C12H21Cl2N3OS. The van der Waals surface area contributed by atoms with Gasteiger partial charge >= 0.3 is 0 Å². The van der Waals surface area contributed by atoms with Crippen molar-refractivity contribution in [2.45, 2.75) is 45.2 Å². The smallest absolute Gasteiger partial charge is 0.220 e. The molecule has 1 saturated heterocycles. The van der Waals surface area contributed by atoms with Crippen molar-refractivity contribution in [2.24, 2.45) is 0 Å². The Morgan fingerprint density at radius 3 is 2.95 bits per heavy atom. The van der Waals surface area contributed by atoms with Gasteiger partial charge in [-0.15, -0.1) is 36.2 Å². The summed E-state index contributed by atoms with van der Waals surface area (Å²) >= 11 is 1.60. The largest absolute Gasteiger partial charge is 0.350 e. The number of hydrogen-bond donors (Lipinski definition) is 2. The average molecular weight is 326 g/mol. The first-order chi connectivity index (χ1) is 8.24. The van der Waals surface area contributed by atoms with Crippen molar-refractivity contribution in [2.75, 3.05) is 6.54 Å². The first-order valence-electron chi connectivity index (χ1n) is 6.15. The Kier molecular flexibility index (Phi) is 9.35. The lowest BCUT2D eigenvalue weighted by Gasteiger charge is -2.09. The number of nitrogens with zero attached hydrogens (tertiary/aromatic N) is 1. The zero-order valence-electron chi connectivity index (χ0n) is 11.0. The number of nitrogens with one attached hydrogen (secondary N) is 2. The third kappa shape index (κ3) is 6.56. The molecule has 1 aromatic heterocycles. The van der Waals surface area contributed by atoms with Gasteiger partial charge in [0, 0.05) is 23.5 Å². The van der Waals surface area contributed by atoms with Gasteiger partial charge in [-0.2, -0.15) is 0 Å². The van der Waals surface area contributed by atoms with Crippen LogP contribution in [0.15, 0.2) is 5.38 Å². The maximum Gasteiger partial charge on any atom is 0.220 e. The van der Waals surface area contributed by atoms with E-state index in [0.29, 0.717) is 19.0 Å². The fourth-order valence-electron chi connectivity index (χ4n) is 2.05. The molecule has 110 valence electrons. The summed E-state index contributed by atoms with van der Waals surface area (Å²) in [4.78, 5) is 15.9. The lowest BCUT2D eigenvalue weighted by Crippen LogP contribution is -2.27. The molecule has 19 heavy (non-hydrogen) atoms. The van der Waals surface area contributed by atoms with Gasteiger partial charge in [0.15, 0.2) is 0 Å². The van der Waals surface area contributed by atoms with Crippen LogP contribution in [0.4, 0.5) is 0 Å². The summed E-state index contributed by atoms with van der Waals surface area (Å²) in [6.07, 6.45) is 4.01. The van der Waals surface area contributed by atoms with Crippen molar-refractivity contribution in [1.29, 1.82) is 0 Å². The Labute approximate surface area is 130 Å². The van der Waals surface area contributed by atoms with E-state index < -0.39 is 0 Å². The first-order valence-corrected chi connectivity index (χ1v) is 7.03. The minimum atomic E-state index is 0. The molecule has 0 radical (unpaired) electrons. The van der Waals surface area contributed by atoms with Gasteiger partial charge in [0.25, 0.3) is 0 Å². The van der Waals surface area contributed by atoms with Crippen LogP contribution in [0.3, 0.4) is 0 Å². The number of amides is 1. The van der Waals surface area contributed by atoms with Crippen LogP contribution in [-0.2, 0) is 11.3 Å². The van der Waals surface area contributed by atoms with Crippen molar-refractivity contribution in [1.82, 2.24) is 15.6 Å². The molecule has 0 aliphatic carbocycles. The molecule has 1 fully saturated rings. The van der Waals surface area contributed by atoms with Crippen molar-refractivity contribution >= 4 is 42.1 Å². The van der Waals surface area contributed by atoms with Crippen LogP contribution in [0, 0.1) is 6.92 Å². The molecule has 0 bridgehead atoms. The monoisotopic (exact) mass is 325 g/mol. The second kappa shape index (κ2) is 9.53. The Bertz CT molecular complexity index is 381. The predicted molar refractivity (Wildman–Crippen MR) is 83.5 cm³/mol. The lowest BCUT2D eigenvalue weighted by molar-refractivity contribution is -0.121. The Morgan fingerprint density at radius 2 is 2.37 bits per heavy atom. The summed E-state index contributed by atoms with van der Waals surface area (Å²) in [7, 11) is 0. The highest BCUT2D eigenvalue weighted by Gasteiger charge is 2.15. The summed E-state index contributed by atoms with van der Waals surface area (Å²) in [5.74, 6) is 0.131. The molecule has 1 unspecified atom stereocenters. The molecule has 2 N–H and O–H groups in total. The van der Waals surface area contributed by atoms with Crippen molar-refractivity contribution in [3.05, 3.63) is 16.1 Å². The molecular weight excluding hydrogens is 305 g/mol. The number of carbonyl (C=O) groups is 1. The number of thiazole rings is 1. The maximum atomic E-state index is 11.6. The Morgan fingerprint density at radius 1 is 1.58 bits per heavy atom. The van der Waals surface area contributed by atoms with Crippen LogP contribution in [0.1, 0.15) is 36.4 Å². The van der Waals surface area contributed by atoms with Crippen LogP contribution in [0.2, 0.25) is 0 Å². The highest BCUT2D eigenvalue weighted by atomic mass is 35.5. The second-order valence-corrected chi connectivity index (χ2v) is 5.43. The van der Waals surface area contributed by atoms with Crippen LogP contribution in [0.25, 0.3) is 0 Å². The highest BCUT2D eigenvalue weighted by Crippen LogP contribution is 2.11. The van der Waals surface area contributed by atoms with Gasteiger partial charge in [0.2, 0.25) is 5.91 Å². The number of aromatic nitrogens is 1. The van der Waals surface area contributed by atoms with E-state index in [1.807, 2.05) is 12.3 Å². The van der Waals surface area contributed by atoms with E-state index in [4.69, 9.17) is 0 Å². The summed E-state index contributed by atoms with van der Waals surface area (Å²) in [6, 6.07) is 0.544. The molecule has 1 aromatic rings. The van der Waals surface area contributed by atoms with E-state index in [0.717, 1.165) is 23.7 Å². The molecule has 0 aromatic carbocycles. The quantitative estimate of drug-likeness (QED) is 0.874. The standard InChI is InChI=1S/C12H19N3OS.2ClH/c1-9-8-17-12(15-9)7-14-11(16)5-4-10-3-2-6-13-10;;/h8,10,13H,2-7H2,1H3,(H,14,16);2*1H. The molecule has 1 aliphatic rings. The first kappa shape index (κ1) is 18.6. The molecule has 1 amide bonds. The summed E-state index contributed by atoms with van der Waals surface area (Å²) < 4.78 is 0. The Balaban J connectivity index is 0.00000162. The zero-order chi connectivity index (χ0) is 12.1. The predicted octanol–water partition coefficient (Wildman–Crippen LogP) is 2.44. The van der Waals surface area contributed by atoms with Crippen LogP contribution < -0.4 is 10.6 Å². The third-order valence-electron chi connectivity index (χ3n) is 2.99. The van der Waals surface area contributed by atoms with Gasteiger partial charge in [-0.05, 0) is 32.7 Å². The molecule has 2 rings (SSSR count). The van der Waals surface area contributed by atoms with Gasteiger partial charge in [0.1, 0.15) is 5.01 Å². The van der Waals surface area contributed by atoms with E-state index in [2.05, 4.69) is 15.6 Å². The van der Waals surface area contributed by atoms with E-state index in [1.54, 1.807) is 11.3 Å². The topological polar surface area (TPSA) is 54.0 Å². The number of rotatable bonds is 5. The molecule has 7 heteroatoms. The molecule has 1 aliphatic heterocycles. The van der Waals surface area contributed by atoms with E-state index in [-0.39, 0.29) is 30.7 Å². The van der Waals surface area contributed by atoms with Gasteiger partial charge in [-0.1, -0.05) is 0 Å². The zero-order valence-corrected chi connectivity index (χ0v) is 13.4. The fourth-order valence-corrected chi connectivity index (χ4v) is 2.77. The fraction of sp³-hybridized carbons (Fsp3) is 0.667. The number of halogens is 2. The Hall–Kier alpha value is -0.360. The molecule has 2 heterocycles. The van der Waals surface area contributed by atoms with E-state index >= 15 is 0 Å². The van der Waals surface area contributed by atoms with Gasteiger partial charge in [-0.3, -0.25) is 4.79 Å². The van der Waals surface area contributed by atoms with Crippen LogP contribution >= 0.6 is 36.2 Å². The molecule has 0 spiro atoms. The maximum absolute atomic E-state index is 11.6. The van der Waals surface area contributed by atoms with Gasteiger partial charge in [-0.25, -0.2) is 4.98 Å². The van der Waals surface area contributed by atoms with Gasteiger partial charge < -0.3 is 10.6 Å². The average Bonchev–Trinajstić information content (AvgIpc) is 2.95. The lowest BCUT2D eigenvalue weighted by atomic mass is 10.1. The van der Waals surface area contributed by atoms with Crippen LogP contribution in [0.5, 0.6) is 0 Å². The number of carbonyl (C=O) groups excluding carboxylic acids is 1. The molecule has 4 nitrogen and oxygen atoms in total. The van der Waals surface area contributed by atoms with Gasteiger partial charge in [0.05, 0.1) is 6.54 Å². The summed E-state index contributed by atoms with van der Waals surface area (Å²) in [6.45, 7) is 3.63. The van der Waals surface area contributed by atoms with E-state index in [9.17, 15) is 4.79 Å². The van der Waals surface area contributed by atoms with Crippen molar-refractivity contribution in [3.8, 4) is 0 Å². The highest BCUT2D eigenvalue weighted by molar-refractivity contribution is 7.09. The van der Waals surface area contributed by atoms with Crippen molar-refractivity contribution in [3.63, 3.8) is 0 Å². The van der Waals surface area contributed by atoms with E-state index in [1.165, 1.54) is 12.8 Å². The van der Waals surface area contributed by atoms with Crippen molar-refractivity contribution < 1.29 is 4.79 Å². The summed E-state index contributed by atoms with van der Waals surface area (Å²) in [5.41, 5.74) is 1.02. The third-order valence-corrected chi connectivity index (χ3v) is 3.95. The number of aryl methyl sites for hydroxylation is 1. The number of hydrogen-bond acceptors (Lipinski definition) is 4. The minimum Gasteiger partial charge on any atom is -0.350 e. The molecule has 0 saturated carbocycles. The summed E-state index contributed by atoms with van der Waals surface area (Å²) in [5, 5.41) is 9.30.